The van der Waals surface area contributed by atoms with Crippen molar-refractivity contribution in [1.29, 1.82) is 0 Å². The first-order valence-corrected chi connectivity index (χ1v) is 12.0. The van der Waals surface area contributed by atoms with Gasteiger partial charge in [-0.1, -0.05) is 19.9 Å². The molecule has 5 aromatic heterocycles. The van der Waals surface area contributed by atoms with E-state index in [2.05, 4.69) is 53.7 Å². The topological polar surface area (TPSA) is 112 Å². The number of carbonyl (C=O) groups is 1. The van der Waals surface area contributed by atoms with Crippen LogP contribution >= 0.6 is 0 Å². The Hall–Kier alpha value is -4.59. The lowest BCUT2D eigenvalue weighted by atomic mass is 9.92. The molecule has 8 heteroatoms. The third-order valence-electron chi connectivity index (χ3n) is 6.46. The number of rotatable bonds is 5. The Morgan fingerprint density at radius 2 is 1.83 bits per heavy atom. The summed E-state index contributed by atoms with van der Waals surface area (Å²) in [5, 5.41) is 11.5. The molecule has 0 fully saturated rings. The fourth-order valence-corrected chi connectivity index (χ4v) is 4.56. The van der Waals surface area contributed by atoms with Gasteiger partial charge in [-0.3, -0.25) is 19.9 Å². The molecule has 1 aliphatic rings. The van der Waals surface area contributed by atoms with Gasteiger partial charge in [0.15, 0.2) is 5.65 Å². The van der Waals surface area contributed by atoms with Crippen LogP contribution in [0.25, 0.3) is 39.1 Å². The summed E-state index contributed by atoms with van der Waals surface area (Å²) >= 11 is 0. The Balaban J connectivity index is 1.37. The molecule has 0 atom stereocenters. The Morgan fingerprint density at radius 1 is 1.00 bits per heavy atom. The zero-order valence-corrected chi connectivity index (χ0v) is 20.0. The standard InChI is InChI=1S/C28H25N7O/c1-16(2)28(36)32-20-10-18(13-30-15-20)19-11-23-26(34-35-27(23)31-14-19)25-12-22-21(4-3-5-24(22)33-25)17-6-8-29-9-7-17/h4,6-16,33H,3,5H2,1-2H3,(H,32,36)(H,31,34,35). The zero-order chi connectivity index (χ0) is 24.6. The molecule has 5 heterocycles. The fourth-order valence-electron chi connectivity index (χ4n) is 4.56. The van der Waals surface area contributed by atoms with E-state index in [9.17, 15) is 4.79 Å². The largest absolute Gasteiger partial charge is 0.357 e. The van der Waals surface area contributed by atoms with Crippen LogP contribution in [0.15, 0.2) is 67.4 Å². The smallest absolute Gasteiger partial charge is 0.226 e. The minimum absolute atomic E-state index is 0.0458. The predicted octanol–water partition coefficient (Wildman–Crippen LogP) is 5.38. The molecule has 0 radical (unpaired) electrons. The lowest BCUT2D eigenvalue weighted by Crippen LogP contribution is -2.17. The van der Waals surface area contributed by atoms with Crippen LogP contribution < -0.4 is 5.32 Å². The van der Waals surface area contributed by atoms with Crippen LogP contribution in [0.4, 0.5) is 5.69 Å². The first-order valence-electron chi connectivity index (χ1n) is 12.0. The molecule has 0 bridgehead atoms. The van der Waals surface area contributed by atoms with Crippen LogP contribution in [0, 0.1) is 5.92 Å². The lowest BCUT2D eigenvalue weighted by Gasteiger charge is -2.13. The molecule has 0 aromatic carbocycles. The molecule has 1 aliphatic carbocycles. The maximum Gasteiger partial charge on any atom is 0.226 e. The number of aromatic nitrogens is 6. The van der Waals surface area contributed by atoms with E-state index in [0.29, 0.717) is 11.3 Å². The van der Waals surface area contributed by atoms with E-state index < -0.39 is 0 Å². The summed E-state index contributed by atoms with van der Waals surface area (Å²) in [6.45, 7) is 3.72. The van der Waals surface area contributed by atoms with Crippen molar-refractivity contribution < 1.29 is 4.79 Å². The number of amides is 1. The van der Waals surface area contributed by atoms with Crippen LogP contribution in [0.1, 0.15) is 37.1 Å². The summed E-state index contributed by atoms with van der Waals surface area (Å²) in [5.74, 6) is -0.156. The van der Waals surface area contributed by atoms with Crippen LogP contribution in [-0.4, -0.2) is 36.0 Å². The third kappa shape index (κ3) is 3.96. The molecular formula is C28H25N7O. The number of nitrogens with zero attached hydrogens (tertiary/aromatic N) is 4. The van der Waals surface area contributed by atoms with Crippen molar-refractivity contribution in [1.82, 2.24) is 30.1 Å². The average molecular weight is 476 g/mol. The van der Waals surface area contributed by atoms with Gasteiger partial charge in [0, 0.05) is 58.5 Å². The van der Waals surface area contributed by atoms with Crippen molar-refractivity contribution in [3.63, 3.8) is 0 Å². The van der Waals surface area contributed by atoms with Gasteiger partial charge in [-0.05, 0) is 54.3 Å². The van der Waals surface area contributed by atoms with Crippen molar-refractivity contribution in [2.45, 2.75) is 26.7 Å². The van der Waals surface area contributed by atoms with Gasteiger partial charge >= 0.3 is 0 Å². The van der Waals surface area contributed by atoms with Gasteiger partial charge in [0.05, 0.1) is 17.6 Å². The molecule has 0 unspecified atom stereocenters. The summed E-state index contributed by atoms with van der Waals surface area (Å²) < 4.78 is 0. The van der Waals surface area contributed by atoms with Crippen LogP contribution in [-0.2, 0) is 11.2 Å². The molecule has 36 heavy (non-hydrogen) atoms. The highest BCUT2D eigenvalue weighted by Gasteiger charge is 2.20. The predicted molar refractivity (Wildman–Crippen MR) is 140 cm³/mol. The Labute approximate surface area is 207 Å². The Morgan fingerprint density at radius 3 is 2.67 bits per heavy atom. The SMILES string of the molecule is CC(C)C(=O)Nc1cncc(-c2cnc3[nH]nc(-c4cc5c([nH]4)CCC=C5c4ccncc4)c3c2)c1. The second-order valence-corrected chi connectivity index (χ2v) is 9.27. The van der Waals surface area contributed by atoms with Crippen molar-refractivity contribution in [2.24, 2.45) is 5.92 Å². The first kappa shape index (κ1) is 21.9. The molecule has 8 nitrogen and oxygen atoms in total. The third-order valence-corrected chi connectivity index (χ3v) is 6.46. The zero-order valence-electron chi connectivity index (χ0n) is 20.0. The maximum atomic E-state index is 12.1. The van der Waals surface area contributed by atoms with E-state index in [-0.39, 0.29) is 11.8 Å². The van der Waals surface area contributed by atoms with Crippen molar-refractivity contribution >= 4 is 28.2 Å². The summed E-state index contributed by atoms with van der Waals surface area (Å²) in [5.41, 5.74) is 9.67. The normalized spacial score (nSPS) is 13.0. The van der Waals surface area contributed by atoms with E-state index in [1.54, 1.807) is 18.6 Å². The Kier molecular flexibility index (Phi) is 5.41. The highest BCUT2D eigenvalue weighted by molar-refractivity contribution is 5.95. The van der Waals surface area contributed by atoms with Crippen LogP contribution in [0.2, 0.25) is 0 Å². The first-order chi connectivity index (χ1) is 17.6. The quantitative estimate of drug-likeness (QED) is 0.316. The minimum atomic E-state index is -0.110. The highest BCUT2D eigenvalue weighted by atomic mass is 16.1. The molecule has 178 valence electrons. The number of aryl methyl sites for hydroxylation is 1. The number of nitrogens with one attached hydrogen (secondary N) is 3. The van der Waals surface area contributed by atoms with Gasteiger partial charge in [0.25, 0.3) is 0 Å². The number of pyridine rings is 3. The van der Waals surface area contributed by atoms with E-state index in [1.807, 2.05) is 44.4 Å². The van der Waals surface area contributed by atoms with Gasteiger partial charge in [-0.25, -0.2) is 4.98 Å². The van der Waals surface area contributed by atoms with Gasteiger partial charge < -0.3 is 10.3 Å². The molecule has 5 aromatic rings. The number of hydrogen-bond acceptors (Lipinski definition) is 5. The molecule has 1 amide bonds. The van der Waals surface area contributed by atoms with E-state index >= 15 is 0 Å². The van der Waals surface area contributed by atoms with E-state index in [0.717, 1.165) is 46.3 Å². The van der Waals surface area contributed by atoms with Gasteiger partial charge in [-0.2, -0.15) is 5.10 Å². The van der Waals surface area contributed by atoms with Crippen molar-refractivity contribution in [3.8, 4) is 22.5 Å². The van der Waals surface area contributed by atoms with Crippen LogP contribution in [0.3, 0.4) is 0 Å². The van der Waals surface area contributed by atoms with E-state index in [4.69, 9.17) is 0 Å². The number of carbonyl (C=O) groups excluding carboxylic acids is 1. The summed E-state index contributed by atoms with van der Waals surface area (Å²) in [6, 6.07) is 10.2. The molecule has 6 rings (SSSR count). The maximum absolute atomic E-state index is 12.1. The summed E-state index contributed by atoms with van der Waals surface area (Å²) in [7, 11) is 0. The number of aromatic amines is 2. The molecular weight excluding hydrogens is 450 g/mol. The van der Waals surface area contributed by atoms with E-state index in [1.165, 1.54) is 16.8 Å². The second kappa shape index (κ2) is 8.88. The molecule has 3 N–H and O–H groups in total. The molecule has 0 saturated carbocycles. The lowest BCUT2D eigenvalue weighted by molar-refractivity contribution is -0.118. The summed E-state index contributed by atoms with van der Waals surface area (Å²) in [4.78, 5) is 28.8. The molecule has 0 saturated heterocycles. The highest BCUT2D eigenvalue weighted by Crippen LogP contribution is 2.36. The number of fused-ring (bicyclic) bond motifs is 2. The van der Waals surface area contributed by atoms with Gasteiger partial charge in [0.2, 0.25) is 5.91 Å². The average Bonchev–Trinajstić information content (AvgIpc) is 3.53. The molecule has 0 aliphatic heterocycles. The number of allylic oxidation sites excluding steroid dienone is 1. The number of H-pyrrole nitrogens is 2. The second-order valence-electron chi connectivity index (χ2n) is 9.27. The van der Waals surface area contributed by atoms with Gasteiger partial charge in [0.1, 0.15) is 5.69 Å². The monoisotopic (exact) mass is 475 g/mol. The number of anilines is 1. The van der Waals surface area contributed by atoms with Crippen LogP contribution in [0.5, 0.6) is 0 Å². The summed E-state index contributed by atoms with van der Waals surface area (Å²) in [6.07, 6.45) is 13.1. The minimum Gasteiger partial charge on any atom is -0.357 e. The van der Waals surface area contributed by atoms with Crippen molar-refractivity contribution in [3.05, 3.63) is 84.2 Å². The number of hydrogen-bond donors (Lipinski definition) is 3. The van der Waals surface area contributed by atoms with Crippen molar-refractivity contribution in [2.75, 3.05) is 5.32 Å². The Bertz CT molecular complexity index is 1610. The molecule has 0 spiro atoms. The van der Waals surface area contributed by atoms with Gasteiger partial charge in [-0.15, -0.1) is 0 Å². The fraction of sp³-hybridized carbons (Fsp3) is 0.179.